The first-order chi connectivity index (χ1) is 11.1. The highest BCUT2D eigenvalue weighted by Gasteiger charge is 2.41. The largest absolute Gasteiger partial charge is 0.372 e. The number of carbonyl (C=O) groups is 1. The van der Waals surface area contributed by atoms with Gasteiger partial charge in [0.05, 0.1) is 12.2 Å². The lowest BCUT2D eigenvalue weighted by Crippen LogP contribution is -2.59. The Balaban J connectivity index is 1.82. The van der Waals surface area contributed by atoms with Gasteiger partial charge in [-0.25, -0.2) is 0 Å². The van der Waals surface area contributed by atoms with Crippen molar-refractivity contribution in [3.05, 3.63) is 12.2 Å². The second-order valence-electron chi connectivity index (χ2n) is 6.68. The van der Waals surface area contributed by atoms with Crippen LogP contribution < -0.4 is 0 Å². The van der Waals surface area contributed by atoms with Gasteiger partial charge in [-0.15, -0.1) is 0 Å². The summed E-state index contributed by atoms with van der Waals surface area (Å²) in [5.41, 5.74) is -0.142. The first-order valence-electron chi connectivity index (χ1n) is 8.93. The minimum atomic E-state index is -0.365. The molecule has 5 heteroatoms. The molecule has 2 heterocycles. The summed E-state index contributed by atoms with van der Waals surface area (Å²) in [5.74, 6) is 0.0855. The summed E-state index contributed by atoms with van der Waals surface area (Å²) in [7, 11) is 1.59. The summed E-state index contributed by atoms with van der Waals surface area (Å²) < 4.78 is 11.3. The maximum Gasteiger partial charge on any atom is 0.251 e. The number of likely N-dealkylation sites (tertiary alicyclic amines) is 1. The molecule has 0 aliphatic carbocycles. The predicted molar refractivity (Wildman–Crippen MR) is 91.5 cm³/mol. The standard InChI is InChI=1S/C18H32N2O3/c1-4-5-6-7-10-19-11-8-18(9-12-19)15-20(13-14-23-18)17(21)16(2)22-3/h5-6,16H,4,7-15H2,1-3H3/b6-5+. The van der Waals surface area contributed by atoms with Crippen LogP contribution >= 0.6 is 0 Å². The molecular weight excluding hydrogens is 292 g/mol. The Bertz CT molecular complexity index is 403. The van der Waals surface area contributed by atoms with Gasteiger partial charge in [0.2, 0.25) is 0 Å². The SMILES string of the molecule is CC/C=C/CCN1CCC2(CC1)CN(C(=O)C(C)OC)CCO2. The van der Waals surface area contributed by atoms with Crippen molar-refractivity contribution in [2.45, 2.75) is 51.2 Å². The molecule has 2 aliphatic heterocycles. The van der Waals surface area contributed by atoms with Crippen molar-refractivity contribution < 1.29 is 14.3 Å². The van der Waals surface area contributed by atoms with Gasteiger partial charge in [-0.2, -0.15) is 0 Å². The van der Waals surface area contributed by atoms with E-state index >= 15 is 0 Å². The second-order valence-corrected chi connectivity index (χ2v) is 6.68. The summed E-state index contributed by atoms with van der Waals surface area (Å²) in [5, 5.41) is 0. The van der Waals surface area contributed by atoms with Crippen molar-refractivity contribution in [3.63, 3.8) is 0 Å². The van der Waals surface area contributed by atoms with E-state index in [1.165, 1.54) is 0 Å². The number of rotatable bonds is 6. The highest BCUT2D eigenvalue weighted by Crippen LogP contribution is 2.30. The maximum absolute atomic E-state index is 12.3. The molecule has 1 atom stereocenters. The maximum atomic E-state index is 12.3. The Hall–Kier alpha value is -0.910. The molecule has 0 radical (unpaired) electrons. The second kappa shape index (κ2) is 8.81. The van der Waals surface area contributed by atoms with E-state index in [2.05, 4.69) is 24.0 Å². The number of allylic oxidation sites excluding steroid dienone is 1. The molecule has 2 saturated heterocycles. The molecule has 132 valence electrons. The molecule has 0 bridgehead atoms. The molecule has 1 unspecified atom stereocenters. The fraction of sp³-hybridized carbons (Fsp3) is 0.833. The molecular formula is C18H32N2O3. The minimum absolute atomic E-state index is 0.0855. The van der Waals surface area contributed by atoms with Crippen LogP contribution in [-0.4, -0.2) is 73.9 Å². The highest BCUT2D eigenvalue weighted by molar-refractivity contribution is 5.80. The summed E-state index contributed by atoms with van der Waals surface area (Å²) in [6, 6.07) is 0. The van der Waals surface area contributed by atoms with Crippen LogP contribution in [0.5, 0.6) is 0 Å². The van der Waals surface area contributed by atoms with Crippen molar-refractivity contribution >= 4 is 5.91 Å². The molecule has 2 aliphatic rings. The number of morpholine rings is 1. The van der Waals surface area contributed by atoms with E-state index in [-0.39, 0.29) is 17.6 Å². The normalized spacial score (nSPS) is 23.5. The third-order valence-electron chi connectivity index (χ3n) is 5.04. The number of amides is 1. The smallest absolute Gasteiger partial charge is 0.251 e. The third-order valence-corrected chi connectivity index (χ3v) is 5.04. The fourth-order valence-corrected chi connectivity index (χ4v) is 3.42. The topological polar surface area (TPSA) is 42.0 Å². The average molecular weight is 324 g/mol. The Morgan fingerprint density at radius 3 is 2.70 bits per heavy atom. The highest BCUT2D eigenvalue weighted by atomic mass is 16.5. The molecule has 1 amide bonds. The molecule has 0 aromatic rings. The zero-order chi connectivity index (χ0) is 16.7. The fourth-order valence-electron chi connectivity index (χ4n) is 3.42. The van der Waals surface area contributed by atoms with Crippen molar-refractivity contribution in [1.29, 1.82) is 0 Å². The van der Waals surface area contributed by atoms with Crippen molar-refractivity contribution in [2.75, 3.05) is 46.4 Å². The lowest BCUT2D eigenvalue weighted by molar-refractivity contribution is -0.166. The number of carbonyl (C=O) groups excluding carboxylic acids is 1. The Labute approximate surface area is 140 Å². The van der Waals surface area contributed by atoms with Crippen LogP contribution in [0.2, 0.25) is 0 Å². The monoisotopic (exact) mass is 324 g/mol. The van der Waals surface area contributed by atoms with E-state index in [9.17, 15) is 4.79 Å². The van der Waals surface area contributed by atoms with E-state index in [4.69, 9.17) is 9.47 Å². The number of methoxy groups -OCH3 is 1. The van der Waals surface area contributed by atoms with Crippen LogP contribution in [0.3, 0.4) is 0 Å². The van der Waals surface area contributed by atoms with E-state index in [1.54, 1.807) is 7.11 Å². The van der Waals surface area contributed by atoms with Gasteiger partial charge in [0, 0.05) is 39.8 Å². The molecule has 0 aromatic carbocycles. The molecule has 0 saturated carbocycles. The zero-order valence-electron chi connectivity index (χ0n) is 14.9. The van der Waals surface area contributed by atoms with E-state index in [0.29, 0.717) is 19.7 Å². The number of hydrogen-bond acceptors (Lipinski definition) is 4. The molecule has 5 nitrogen and oxygen atoms in total. The van der Waals surface area contributed by atoms with Gasteiger partial charge in [-0.1, -0.05) is 19.1 Å². The third kappa shape index (κ3) is 5.03. The lowest BCUT2D eigenvalue weighted by atomic mass is 9.89. The van der Waals surface area contributed by atoms with Crippen LogP contribution in [0.1, 0.15) is 39.5 Å². The summed E-state index contributed by atoms with van der Waals surface area (Å²) >= 11 is 0. The number of ether oxygens (including phenoxy) is 2. The first-order valence-corrected chi connectivity index (χ1v) is 8.93. The van der Waals surface area contributed by atoms with E-state index in [1.807, 2.05) is 11.8 Å². The molecule has 2 rings (SSSR count). The van der Waals surface area contributed by atoms with Crippen molar-refractivity contribution in [3.8, 4) is 0 Å². The Kier molecular flexibility index (Phi) is 7.06. The average Bonchev–Trinajstić information content (AvgIpc) is 2.59. The Morgan fingerprint density at radius 1 is 1.30 bits per heavy atom. The van der Waals surface area contributed by atoms with Gasteiger partial charge in [0.1, 0.15) is 6.10 Å². The van der Waals surface area contributed by atoms with E-state index in [0.717, 1.165) is 45.3 Å². The number of piperidine rings is 1. The van der Waals surface area contributed by atoms with Gasteiger partial charge < -0.3 is 19.3 Å². The molecule has 1 spiro atoms. The van der Waals surface area contributed by atoms with Gasteiger partial charge in [0.25, 0.3) is 5.91 Å². The van der Waals surface area contributed by atoms with Crippen LogP contribution in [0.15, 0.2) is 12.2 Å². The van der Waals surface area contributed by atoms with E-state index < -0.39 is 0 Å². The van der Waals surface area contributed by atoms with Crippen molar-refractivity contribution in [1.82, 2.24) is 9.80 Å². The van der Waals surface area contributed by atoms with Gasteiger partial charge in [-0.3, -0.25) is 4.79 Å². The van der Waals surface area contributed by atoms with Crippen LogP contribution in [0, 0.1) is 0 Å². The lowest BCUT2D eigenvalue weighted by Gasteiger charge is -2.47. The molecule has 23 heavy (non-hydrogen) atoms. The minimum Gasteiger partial charge on any atom is -0.372 e. The number of hydrogen-bond donors (Lipinski definition) is 0. The summed E-state index contributed by atoms with van der Waals surface area (Å²) in [4.78, 5) is 16.8. The zero-order valence-corrected chi connectivity index (χ0v) is 14.9. The molecule has 2 fully saturated rings. The van der Waals surface area contributed by atoms with Crippen molar-refractivity contribution in [2.24, 2.45) is 0 Å². The predicted octanol–water partition coefficient (Wildman–Crippen LogP) is 2.07. The molecule has 0 N–H and O–H groups in total. The quantitative estimate of drug-likeness (QED) is 0.702. The Morgan fingerprint density at radius 2 is 2.04 bits per heavy atom. The number of nitrogens with zero attached hydrogens (tertiary/aromatic N) is 2. The van der Waals surface area contributed by atoms with Crippen LogP contribution in [0.4, 0.5) is 0 Å². The van der Waals surface area contributed by atoms with Gasteiger partial charge in [-0.05, 0) is 32.6 Å². The van der Waals surface area contributed by atoms with Crippen LogP contribution in [-0.2, 0) is 14.3 Å². The summed E-state index contributed by atoms with van der Waals surface area (Å²) in [6.45, 7) is 9.25. The summed E-state index contributed by atoms with van der Waals surface area (Å²) in [6.07, 6.45) is 8.39. The van der Waals surface area contributed by atoms with Gasteiger partial charge in [0.15, 0.2) is 0 Å². The molecule has 0 aromatic heterocycles. The van der Waals surface area contributed by atoms with Crippen LogP contribution in [0.25, 0.3) is 0 Å². The first kappa shape index (κ1) is 18.4. The van der Waals surface area contributed by atoms with Gasteiger partial charge >= 0.3 is 0 Å².